The summed E-state index contributed by atoms with van der Waals surface area (Å²) in [4.78, 5) is 8.44. The molecule has 3 rings (SSSR count). The summed E-state index contributed by atoms with van der Waals surface area (Å²) in [6.07, 6.45) is 1.68. The molecule has 0 spiro atoms. The number of halogens is 1. The maximum Gasteiger partial charge on any atom is 0.264 e. The molecule has 0 saturated carbocycles. The second kappa shape index (κ2) is 6.15. The van der Waals surface area contributed by atoms with Crippen LogP contribution in [0.5, 0.6) is 5.75 Å². The van der Waals surface area contributed by atoms with E-state index in [1.807, 2.05) is 44.2 Å². The monoisotopic (exact) mass is 315 g/mol. The molecule has 2 heterocycles. The van der Waals surface area contributed by atoms with Gasteiger partial charge < -0.3 is 9.26 Å². The van der Waals surface area contributed by atoms with Crippen LogP contribution in [-0.4, -0.2) is 15.1 Å². The third-order valence-electron chi connectivity index (χ3n) is 3.13. The Morgan fingerprint density at radius 1 is 1.18 bits per heavy atom. The highest BCUT2D eigenvalue weighted by Gasteiger charge is 2.10. The number of hydrogen-bond donors (Lipinski definition) is 0. The Labute approximate surface area is 132 Å². The second-order valence-corrected chi connectivity index (χ2v) is 5.26. The zero-order valence-electron chi connectivity index (χ0n) is 12.2. The zero-order chi connectivity index (χ0) is 15.5. The van der Waals surface area contributed by atoms with Gasteiger partial charge in [0.05, 0.1) is 0 Å². The van der Waals surface area contributed by atoms with Crippen molar-refractivity contribution < 1.29 is 9.26 Å². The van der Waals surface area contributed by atoms with Gasteiger partial charge in [0.25, 0.3) is 5.89 Å². The van der Waals surface area contributed by atoms with E-state index in [4.69, 9.17) is 20.9 Å². The molecule has 0 unspecified atom stereocenters. The van der Waals surface area contributed by atoms with Gasteiger partial charge in [-0.25, -0.2) is 0 Å². The Balaban J connectivity index is 1.71. The molecule has 0 aliphatic carbocycles. The molecule has 3 aromatic rings. The first kappa shape index (κ1) is 14.5. The summed E-state index contributed by atoms with van der Waals surface area (Å²) in [7, 11) is 0. The zero-order valence-corrected chi connectivity index (χ0v) is 13.0. The first-order chi connectivity index (χ1) is 10.6. The van der Waals surface area contributed by atoms with Crippen molar-refractivity contribution in [2.75, 3.05) is 0 Å². The molecule has 0 aliphatic rings. The molecule has 0 saturated heterocycles. The van der Waals surface area contributed by atoms with Crippen molar-refractivity contribution in [1.82, 2.24) is 15.1 Å². The Morgan fingerprint density at radius 3 is 2.64 bits per heavy atom. The minimum Gasteiger partial charge on any atom is -0.484 e. The summed E-state index contributed by atoms with van der Waals surface area (Å²) in [5.41, 5.74) is 2.60. The van der Waals surface area contributed by atoms with E-state index in [1.165, 1.54) is 0 Å². The van der Waals surface area contributed by atoms with Crippen molar-refractivity contribution in [3.05, 3.63) is 58.6 Å². The van der Waals surface area contributed by atoms with E-state index in [1.54, 1.807) is 6.20 Å². The van der Waals surface area contributed by atoms with Crippen LogP contribution >= 0.6 is 11.6 Å². The molecule has 0 atom stereocenters. The summed E-state index contributed by atoms with van der Waals surface area (Å²) in [5.74, 6) is 1.56. The lowest BCUT2D eigenvalue weighted by atomic mass is 10.1. The molecule has 0 amide bonds. The highest BCUT2D eigenvalue weighted by atomic mass is 35.5. The van der Waals surface area contributed by atoms with Gasteiger partial charge in [-0.3, -0.25) is 4.98 Å². The van der Waals surface area contributed by atoms with Crippen LogP contribution in [0.3, 0.4) is 0 Å². The molecule has 0 aliphatic heterocycles. The van der Waals surface area contributed by atoms with Crippen molar-refractivity contribution in [1.29, 1.82) is 0 Å². The average Bonchev–Trinajstić information content (AvgIpc) is 3.00. The Morgan fingerprint density at radius 2 is 1.95 bits per heavy atom. The number of nitrogens with zero attached hydrogens (tertiary/aromatic N) is 3. The van der Waals surface area contributed by atoms with E-state index < -0.39 is 0 Å². The summed E-state index contributed by atoms with van der Waals surface area (Å²) in [6, 6.07) is 9.28. The van der Waals surface area contributed by atoms with Crippen molar-refractivity contribution in [3.63, 3.8) is 0 Å². The number of ether oxygens (including phenoxy) is 1. The third kappa shape index (κ3) is 3.09. The topological polar surface area (TPSA) is 61.0 Å². The van der Waals surface area contributed by atoms with Gasteiger partial charge in [0.2, 0.25) is 5.82 Å². The van der Waals surface area contributed by atoms with Crippen LogP contribution in [0.4, 0.5) is 0 Å². The molecule has 5 nitrogen and oxygen atoms in total. The maximum absolute atomic E-state index is 6.13. The number of rotatable bonds is 4. The number of aryl methyl sites for hydroxylation is 2. The smallest absolute Gasteiger partial charge is 0.264 e. The van der Waals surface area contributed by atoms with Gasteiger partial charge in [-0.2, -0.15) is 4.98 Å². The first-order valence-corrected chi connectivity index (χ1v) is 7.15. The van der Waals surface area contributed by atoms with Gasteiger partial charge >= 0.3 is 0 Å². The van der Waals surface area contributed by atoms with Crippen LogP contribution in [0.2, 0.25) is 5.02 Å². The summed E-state index contributed by atoms with van der Waals surface area (Å²) in [5, 5.41) is 4.65. The summed E-state index contributed by atoms with van der Waals surface area (Å²) >= 11 is 6.13. The van der Waals surface area contributed by atoms with Crippen LogP contribution in [0.1, 0.15) is 17.0 Å². The van der Waals surface area contributed by atoms with Gasteiger partial charge in [-0.1, -0.05) is 22.8 Å². The van der Waals surface area contributed by atoms with E-state index in [2.05, 4.69) is 15.1 Å². The molecule has 0 radical (unpaired) electrons. The quantitative estimate of drug-likeness (QED) is 0.728. The van der Waals surface area contributed by atoms with Crippen LogP contribution in [0.15, 0.2) is 41.1 Å². The minimum atomic E-state index is 0.195. The van der Waals surface area contributed by atoms with Gasteiger partial charge in [0.1, 0.15) is 11.4 Å². The number of aromatic nitrogens is 3. The predicted molar refractivity (Wildman–Crippen MR) is 82.8 cm³/mol. The second-order valence-electron chi connectivity index (χ2n) is 4.89. The average molecular weight is 316 g/mol. The van der Waals surface area contributed by atoms with E-state index in [-0.39, 0.29) is 6.61 Å². The lowest BCUT2D eigenvalue weighted by Crippen LogP contribution is -1.97. The van der Waals surface area contributed by atoms with Crippen molar-refractivity contribution in [3.8, 4) is 17.3 Å². The molecule has 22 heavy (non-hydrogen) atoms. The molecule has 112 valence electrons. The first-order valence-electron chi connectivity index (χ1n) is 6.77. The normalized spacial score (nSPS) is 10.7. The van der Waals surface area contributed by atoms with Gasteiger partial charge in [-0.15, -0.1) is 0 Å². The third-order valence-corrected chi connectivity index (χ3v) is 3.73. The molecule has 2 aromatic heterocycles. The standard InChI is InChI=1S/C16H14ClN3O2/c1-10-7-12(8-11(2)15(10)17)21-9-14-19-16(20-22-14)13-5-3-4-6-18-13/h3-8H,9H2,1-2H3. The number of hydrogen-bond acceptors (Lipinski definition) is 5. The SMILES string of the molecule is Cc1cc(OCc2nc(-c3ccccn3)no2)cc(C)c1Cl. The van der Waals surface area contributed by atoms with Gasteiger partial charge in [0, 0.05) is 11.2 Å². The molecule has 0 bridgehead atoms. The molecule has 0 fully saturated rings. The lowest BCUT2D eigenvalue weighted by Gasteiger charge is -2.08. The highest BCUT2D eigenvalue weighted by molar-refractivity contribution is 6.32. The van der Waals surface area contributed by atoms with Crippen molar-refractivity contribution >= 4 is 11.6 Å². The highest BCUT2D eigenvalue weighted by Crippen LogP contribution is 2.26. The largest absolute Gasteiger partial charge is 0.484 e. The van der Waals surface area contributed by atoms with Gasteiger partial charge in [0.15, 0.2) is 6.61 Å². The number of pyridine rings is 1. The van der Waals surface area contributed by atoms with Crippen LogP contribution < -0.4 is 4.74 Å². The van der Waals surface area contributed by atoms with Crippen molar-refractivity contribution in [2.45, 2.75) is 20.5 Å². The van der Waals surface area contributed by atoms with Crippen LogP contribution in [-0.2, 0) is 6.61 Å². The van der Waals surface area contributed by atoms with Gasteiger partial charge in [-0.05, 0) is 49.2 Å². The molecular formula is C16H14ClN3O2. The fourth-order valence-corrected chi connectivity index (χ4v) is 2.16. The fraction of sp³-hybridized carbons (Fsp3) is 0.188. The van der Waals surface area contributed by atoms with E-state index >= 15 is 0 Å². The van der Waals surface area contributed by atoms with Crippen molar-refractivity contribution in [2.24, 2.45) is 0 Å². The van der Waals surface area contributed by atoms with E-state index in [9.17, 15) is 0 Å². The fourth-order valence-electron chi connectivity index (χ4n) is 2.05. The predicted octanol–water partition coefficient (Wildman–Crippen LogP) is 3.98. The molecular weight excluding hydrogens is 302 g/mol. The Bertz CT molecular complexity index is 764. The van der Waals surface area contributed by atoms with Crippen LogP contribution in [0.25, 0.3) is 11.5 Å². The molecule has 0 N–H and O–H groups in total. The van der Waals surface area contributed by atoms with Crippen LogP contribution in [0, 0.1) is 13.8 Å². The Kier molecular flexibility index (Phi) is 4.06. The lowest BCUT2D eigenvalue weighted by molar-refractivity contribution is 0.242. The van der Waals surface area contributed by atoms with E-state index in [0.717, 1.165) is 21.9 Å². The summed E-state index contributed by atoms with van der Waals surface area (Å²) < 4.78 is 10.9. The Hall–Kier alpha value is -2.40. The molecule has 1 aromatic carbocycles. The number of benzene rings is 1. The minimum absolute atomic E-state index is 0.195. The maximum atomic E-state index is 6.13. The van der Waals surface area contributed by atoms with E-state index in [0.29, 0.717) is 17.4 Å². The summed E-state index contributed by atoms with van der Waals surface area (Å²) in [6.45, 7) is 4.07. The molecule has 6 heteroatoms.